The van der Waals surface area contributed by atoms with E-state index in [-0.39, 0.29) is 11.7 Å². The van der Waals surface area contributed by atoms with Crippen LogP contribution >= 0.6 is 24.0 Å². The minimum Gasteiger partial charge on any atom is -0.508 e. The fourth-order valence-corrected chi connectivity index (χ4v) is 2.63. The second-order valence-electron chi connectivity index (χ2n) is 3.73. The molecule has 92 valence electrons. The maximum Gasteiger partial charge on any atom is 0.263 e. The molecule has 5 heteroatoms. The normalized spacial score (nSPS) is 17.0. The fourth-order valence-electron chi connectivity index (χ4n) is 1.59. The largest absolute Gasteiger partial charge is 0.508 e. The van der Waals surface area contributed by atoms with Crippen LogP contribution in [0.2, 0.25) is 0 Å². The average molecular weight is 277 g/mol. The molecule has 3 nitrogen and oxygen atoms in total. The van der Waals surface area contributed by atoms with E-state index >= 15 is 0 Å². The molecular formula is C13H11NO2S2. The van der Waals surface area contributed by atoms with Gasteiger partial charge >= 0.3 is 0 Å². The van der Waals surface area contributed by atoms with E-state index in [9.17, 15) is 9.90 Å². The molecule has 1 saturated heterocycles. The van der Waals surface area contributed by atoms with Gasteiger partial charge in [0.15, 0.2) is 0 Å². The molecule has 0 bridgehead atoms. The molecule has 1 aliphatic rings. The Kier molecular flexibility index (Phi) is 3.84. The zero-order valence-electron chi connectivity index (χ0n) is 9.47. The second kappa shape index (κ2) is 5.37. The summed E-state index contributed by atoms with van der Waals surface area (Å²) in [5.74, 6) is 0.0550. The number of carbonyl (C=O) groups is 1. The highest BCUT2D eigenvalue weighted by Gasteiger charge is 2.21. The number of aromatic hydroxyl groups is 1. The number of thiocarbonyl (C=S) groups is 1. The van der Waals surface area contributed by atoms with Crippen molar-refractivity contribution in [1.29, 1.82) is 0 Å². The Bertz CT molecular complexity index is 564. The lowest BCUT2D eigenvalue weighted by Crippen LogP contribution is -2.17. The number of allylic oxidation sites excluding steroid dienone is 1. The van der Waals surface area contributed by atoms with E-state index in [1.165, 1.54) is 11.8 Å². The third kappa shape index (κ3) is 2.80. The fraction of sp³-hybridized carbons (Fsp3) is 0.0769. The summed E-state index contributed by atoms with van der Waals surface area (Å²) >= 11 is 6.16. The molecule has 0 atom stereocenters. The van der Waals surface area contributed by atoms with Crippen LogP contribution in [0.15, 0.2) is 35.8 Å². The summed E-state index contributed by atoms with van der Waals surface area (Å²) in [6, 6.07) is 5.20. The summed E-state index contributed by atoms with van der Waals surface area (Å²) in [5.41, 5.74) is 1.64. The van der Waals surface area contributed by atoms with E-state index in [1.54, 1.807) is 24.3 Å². The first-order chi connectivity index (χ1) is 8.60. The molecule has 2 rings (SSSR count). The van der Waals surface area contributed by atoms with E-state index in [0.717, 1.165) is 11.1 Å². The summed E-state index contributed by atoms with van der Waals surface area (Å²) in [6.45, 7) is 3.64. The Morgan fingerprint density at radius 3 is 2.89 bits per heavy atom. The van der Waals surface area contributed by atoms with Crippen molar-refractivity contribution < 1.29 is 9.90 Å². The van der Waals surface area contributed by atoms with Crippen molar-refractivity contribution in [3.63, 3.8) is 0 Å². The van der Waals surface area contributed by atoms with Crippen molar-refractivity contribution in [2.75, 3.05) is 0 Å². The first-order valence-electron chi connectivity index (χ1n) is 5.28. The van der Waals surface area contributed by atoms with Gasteiger partial charge in [-0.1, -0.05) is 36.1 Å². The maximum atomic E-state index is 11.5. The molecule has 0 radical (unpaired) electrons. The van der Waals surface area contributed by atoms with Gasteiger partial charge < -0.3 is 10.4 Å². The summed E-state index contributed by atoms with van der Waals surface area (Å²) in [5, 5.41) is 12.2. The van der Waals surface area contributed by atoms with Gasteiger partial charge in [-0.15, -0.1) is 6.58 Å². The van der Waals surface area contributed by atoms with Crippen LogP contribution in [0.1, 0.15) is 11.1 Å². The van der Waals surface area contributed by atoms with Crippen LogP contribution in [0.4, 0.5) is 0 Å². The molecule has 1 heterocycles. The highest BCUT2D eigenvalue weighted by Crippen LogP contribution is 2.27. The predicted molar refractivity (Wildman–Crippen MR) is 78.3 cm³/mol. The molecule has 1 aliphatic heterocycles. The Morgan fingerprint density at radius 1 is 1.50 bits per heavy atom. The van der Waals surface area contributed by atoms with Crippen molar-refractivity contribution >= 4 is 40.3 Å². The number of hydrogen-bond donors (Lipinski definition) is 2. The zero-order chi connectivity index (χ0) is 13.1. The highest BCUT2D eigenvalue weighted by atomic mass is 32.2. The molecule has 18 heavy (non-hydrogen) atoms. The third-order valence-corrected chi connectivity index (χ3v) is 3.57. The molecule has 0 unspecified atom stereocenters. The van der Waals surface area contributed by atoms with Gasteiger partial charge in [-0.25, -0.2) is 0 Å². The van der Waals surface area contributed by atoms with E-state index in [1.807, 2.05) is 6.07 Å². The second-order valence-corrected chi connectivity index (χ2v) is 5.45. The number of benzene rings is 1. The van der Waals surface area contributed by atoms with Crippen molar-refractivity contribution in [3.8, 4) is 5.75 Å². The smallest absolute Gasteiger partial charge is 0.263 e. The van der Waals surface area contributed by atoms with Crippen molar-refractivity contribution in [2.24, 2.45) is 0 Å². The van der Waals surface area contributed by atoms with Crippen molar-refractivity contribution in [3.05, 3.63) is 46.9 Å². The molecule has 1 aromatic rings. The lowest BCUT2D eigenvalue weighted by Gasteiger charge is -2.03. The predicted octanol–water partition coefficient (Wildman–Crippen LogP) is 2.61. The van der Waals surface area contributed by atoms with Crippen LogP contribution in [0.25, 0.3) is 6.08 Å². The maximum absolute atomic E-state index is 11.5. The topological polar surface area (TPSA) is 49.3 Å². The van der Waals surface area contributed by atoms with Gasteiger partial charge in [0, 0.05) is 0 Å². The number of hydrogen-bond acceptors (Lipinski definition) is 4. The summed E-state index contributed by atoms with van der Waals surface area (Å²) in [6.07, 6.45) is 4.06. The Hall–Kier alpha value is -1.59. The van der Waals surface area contributed by atoms with Crippen LogP contribution in [0.3, 0.4) is 0 Å². The van der Waals surface area contributed by atoms with E-state index in [4.69, 9.17) is 12.2 Å². The molecule has 0 spiro atoms. The van der Waals surface area contributed by atoms with Gasteiger partial charge in [0.2, 0.25) is 0 Å². The summed E-state index contributed by atoms with van der Waals surface area (Å²) in [4.78, 5) is 12.1. The molecule has 0 aliphatic carbocycles. The Morgan fingerprint density at radius 2 is 2.28 bits per heavy atom. The third-order valence-electron chi connectivity index (χ3n) is 2.41. The Labute approximate surface area is 115 Å². The number of carbonyl (C=O) groups excluding carboxylic acids is 1. The number of rotatable bonds is 3. The highest BCUT2D eigenvalue weighted by molar-refractivity contribution is 8.26. The van der Waals surface area contributed by atoms with Crippen LogP contribution in [0.5, 0.6) is 5.75 Å². The van der Waals surface area contributed by atoms with E-state index in [0.29, 0.717) is 15.6 Å². The number of nitrogens with one attached hydrogen (secondary N) is 1. The van der Waals surface area contributed by atoms with E-state index < -0.39 is 0 Å². The first kappa shape index (κ1) is 12.9. The van der Waals surface area contributed by atoms with E-state index in [2.05, 4.69) is 11.9 Å². The molecule has 0 aromatic heterocycles. The lowest BCUT2D eigenvalue weighted by atomic mass is 10.1. The molecule has 1 aromatic carbocycles. The number of phenolic OH excluding ortho intramolecular Hbond substituents is 1. The summed E-state index contributed by atoms with van der Waals surface area (Å²) < 4.78 is 0.469. The molecule has 1 fully saturated rings. The van der Waals surface area contributed by atoms with Crippen molar-refractivity contribution in [2.45, 2.75) is 6.42 Å². The van der Waals surface area contributed by atoms with Gasteiger partial charge in [0.1, 0.15) is 10.1 Å². The van der Waals surface area contributed by atoms with Crippen LogP contribution in [-0.4, -0.2) is 15.3 Å². The molecule has 1 amide bonds. The van der Waals surface area contributed by atoms with Crippen LogP contribution < -0.4 is 5.32 Å². The Balaban J connectivity index is 2.32. The molecule has 0 saturated carbocycles. The van der Waals surface area contributed by atoms with Crippen LogP contribution in [-0.2, 0) is 11.2 Å². The summed E-state index contributed by atoms with van der Waals surface area (Å²) in [7, 11) is 0. The molecule has 2 N–H and O–H groups in total. The zero-order valence-corrected chi connectivity index (χ0v) is 11.1. The lowest BCUT2D eigenvalue weighted by molar-refractivity contribution is -0.115. The number of amides is 1. The number of phenols is 1. The van der Waals surface area contributed by atoms with Crippen molar-refractivity contribution in [1.82, 2.24) is 5.32 Å². The quantitative estimate of drug-likeness (QED) is 0.506. The van der Waals surface area contributed by atoms with Gasteiger partial charge in [-0.05, 0) is 35.8 Å². The van der Waals surface area contributed by atoms with Gasteiger partial charge in [-0.3, -0.25) is 4.79 Å². The number of thioether (sulfide) groups is 1. The van der Waals surface area contributed by atoms with Gasteiger partial charge in [-0.2, -0.15) is 0 Å². The SMILES string of the molecule is C=CCc1cc(/C=C2\SC(=S)NC2=O)ccc1O. The molecular weight excluding hydrogens is 266 g/mol. The minimum atomic E-state index is -0.177. The van der Waals surface area contributed by atoms with Gasteiger partial charge in [0.05, 0.1) is 4.91 Å². The monoisotopic (exact) mass is 277 g/mol. The van der Waals surface area contributed by atoms with Crippen LogP contribution in [0, 0.1) is 0 Å². The van der Waals surface area contributed by atoms with Gasteiger partial charge in [0.25, 0.3) is 5.91 Å². The first-order valence-corrected chi connectivity index (χ1v) is 6.50. The standard InChI is InChI=1S/C13H11NO2S2/c1-2-3-9-6-8(4-5-10(9)15)7-11-12(16)14-13(17)18-11/h2,4-7,15H,1,3H2,(H,14,16,17)/b11-7-. The average Bonchev–Trinajstić information content (AvgIpc) is 2.62. The minimum absolute atomic E-state index is 0.177.